The van der Waals surface area contributed by atoms with Gasteiger partial charge in [-0.1, -0.05) is 25.7 Å². The quantitative estimate of drug-likeness (QED) is 0.0760. The fourth-order valence-electron chi connectivity index (χ4n) is 3.31. The molecule has 1 atom stereocenters. The maximum absolute atomic E-state index is 11.8. The molecule has 1 unspecified atom stereocenters. The van der Waals surface area contributed by atoms with Crippen molar-refractivity contribution in [2.24, 2.45) is 0 Å². The zero-order chi connectivity index (χ0) is 29.0. The van der Waals surface area contributed by atoms with Crippen molar-refractivity contribution in [3.63, 3.8) is 0 Å². The van der Waals surface area contributed by atoms with E-state index in [4.69, 9.17) is 29.2 Å². The van der Waals surface area contributed by atoms with Gasteiger partial charge in [-0.3, -0.25) is 14.4 Å². The van der Waals surface area contributed by atoms with Gasteiger partial charge >= 0.3 is 11.9 Å². The normalized spacial score (nSPS) is 11.6. The molecule has 13 heteroatoms. The van der Waals surface area contributed by atoms with Crippen LogP contribution in [0.4, 0.5) is 0 Å². The summed E-state index contributed by atoms with van der Waals surface area (Å²) in [7, 11) is 0. The maximum Gasteiger partial charge on any atom is 0.326 e. The van der Waals surface area contributed by atoms with E-state index < -0.39 is 23.9 Å². The van der Waals surface area contributed by atoms with Crippen molar-refractivity contribution in [1.82, 2.24) is 10.6 Å². The van der Waals surface area contributed by atoms with Crippen LogP contribution in [0.1, 0.15) is 70.6 Å². The lowest BCUT2D eigenvalue weighted by Crippen LogP contribution is -2.41. The molecule has 0 aliphatic heterocycles. The molecule has 0 heterocycles. The number of aldehydes is 1. The standard InChI is InChI=1S/C26H46N2O11/c29-13-7-8-22(26(34)35)28-24(31)11-14-36-16-18-38-20-21-39-19-17-37-15-12-27-23(30)9-5-3-1-2-4-6-10-25(32)33/h13,22H,1-12,14-21H2,(H,27,30)(H,28,31)(H,32,33)(H,34,35). The molecule has 0 saturated heterocycles. The highest BCUT2D eigenvalue weighted by Crippen LogP contribution is 2.08. The Morgan fingerprint density at radius 1 is 0.641 bits per heavy atom. The lowest BCUT2D eigenvalue weighted by Gasteiger charge is -2.13. The van der Waals surface area contributed by atoms with E-state index in [1.54, 1.807) is 0 Å². The van der Waals surface area contributed by atoms with Gasteiger partial charge in [-0.2, -0.15) is 0 Å². The third-order valence-corrected chi connectivity index (χ3v) is 5.41. The van der Waals surface area contributed by atoms with E-state index in [1.165, 1.54) is 0 Å². The molecule has 0 aromatic heterocycles. The number of unbranched alkanes of at least 4 members (excludes halogenated alkanes) is 5. The molecule has 0 aromatic rings. The molecule has 0 aliphatic rings. The zero-order valence-electron chi connectivity index (χ0n) is 22.9. The number of nitrogens with one attached hydrogen (secondary N) is 2. The largest absolute Gasteiger partial charge is 0.481 e. The van der Waals surface area contributed by atoms with E-state index in [-0.39, 0.29) is 44.8 Å². The van der Waals surface area contributed by atoms with Crippen LogP contribution in [-0.4, -0.2) is 106 Å². The smallest absolute Gasteiger partial charge is 0.326 e. The Morgan fingerprint density at radius 2 is 1.15 bits per heavy atom. The molecular weight excluding hydrogens is 516 g/mol. The molecule has 13 nitrogen and oxygen atoms in total. The number of amides is 2. The first-order valence-electron chi connectivity index (χ1n) is 13.6. The number of ether oxygens (including phenoxy) is 4. The highest BCUT2D eigenvalue weighted by Gasteiger charge is 2.19. The minimum Gasteiger partial charge on any atom is -0.481 e. The van der Waals surface area contributed by atoms with Gasteiger partial charge in [-0.15, -0.1) is 0 Å². The van der Waals surface area contributed by atoms with Gasteiger partial charge in [0.2, 0.25) is 11.8 Å². The van der Waals surface area contributed by atoms with Crippen molar-refractivity contribution in [3.8, 4) is 0 Å². The zero-order valence-corrected chi connectivity index (χ0v) is 22.9. The molecule has 0 aromatic carbocycles. The van der Waals surface area contributed by atoms with Crippen molar-refractivity contribution in [3.05, 3.63) is 0 Å². The van der Waals surface area contributed by atoms with Crippen molar-refractivity contribution in [1.29, 1.82) is 0 Å². The monoisotopic (exact) mass is 562 g/mol. The second-order valence-electron chi connectivity index (χ2n) is 8.77. The number of aliphatic carboxylic acids is 2. The number of carbonyl (C=O) groups is 5. The molecule has 0 saturated carbocycles. The lowest BCUT2D eigenvalue weighted by atomic mass is 10.1. The highest BCUT2D eigenvalue weighted by molar-refractivity contribution is 5.83. The second kappa shape index (κ2) is 27.0. The number of hydrogen-bond donors (Lipinski definition) is 4. The molecule has 0 fully saturated rings. The SMILES string of the molecule is O=CCCC(NC(=O)CCOCCOCCOCCOCCNC(=O)CCCCCCCCC(=O)O)C(=O)O. The van der Waals surface area contributed by atoms with Crippen molar-refractivity contribution in [2.75, 3.05) is 59.4 Å². The molecule has 2 amide bonds. The summed E-state index contributed by atoms with van der Waals surface area (Å²) in [5.41, 5.74) is 0. The van der Waals surface area contributed by atoms with E-state index in [2.05, 4.69) is 10.6 Å². The Kier molecular flexibility index (Phi) is 25.2. The van der Waals surface area contributed by atoms with Gasteiger partial charge in [0.25, 0.3) is 0 Å². The average Bonchev–Trinajstić information content (AvgIpc) is 2.89. The van der Waals surface area contributed by atoms with Gasteiger partial charge in [-0.05, 0) is 19.3 Å². The summed E-state index contributed by atoms with van der Waals surface area (Å²) in [5, 5.41) is 22.7. The Labute approximate surface area is 230 Å². The molecule has 0 rings (SSSR count). The van der Waals surface area contributed by atoms with Crippen LogP contribution in [0.3, 0.4) is 0 Å². The predicted molar refractivity (Wildman–Crippen MR) is 140 cm³/mol. The van der Waals surface area contributed by atoms with Gasteiger partial charge in [0.1, 0.15) is 12.3 Å². The van der Waals surface area contributed by atoms with E-state index in [0.29, 0.717) is 65.3 Å². The van der Waals surface area contributed by atoms with Crippen molar-refractivity contribution >= 4 is 30.0 Å². The topological polar surface area (TPSA) is 187 Å². The number of carboxylic acids is 2. The third kappa shape index (κ3) is 26.8. The predicted octanol–water partition coefficient (Wildman–Crippen LogP) is 1.31. The van der Waals surface area contributed by atoms with Crippen LogP contribution >= 0.6 is 0 Å². The van der Waals surface area contributed by atoms with Gasteiger partial charge < -0.3 is 44.6 Å². The van der Waals surface area contributed by atoms with E-state index >= 15 is 0 Å². The summed E-state index contributed by atoms with van der Waals surface area (Å²) in [6.45, 7) is 3.15. The minimum absolute atomic E-state index is 0.00281. The highest BCUT2D eigenvalue weighted by atomic mass is 16.6. The summed E-state index contributed by atoms with van der Waals surface area (Å²) >= 11 is 0. The summed E-state index contributed by atoms with van der Waals surface area (Å²) in [6.07, 6.45) is 6.85. The minimum atomic E-state index is -1.18. The van der Waals surface area contributed by atoms with Crippen LogP contribution in [0.2, 0.25) is 0 Å². The van der Waals surface area contributed by atoms with Crippen LogP contribution in [0.15, 0.2) is 0 Å². The summed E-state index contributed by atoms with van der Waals surface area (Å²) in [6, 6.07) is -1.08. The first kappa shape index (κ1) is 36.4. The second-order valence-corrected chi connectivity index (χ2v) is 8.77. The Bertz CT molecular complexity index is 676. The number of carboxylic acid groups (broad SMARTS) is 2. The van der Waals surface area contributed by atoms with Gasteiger partial charge in [0.15, 0.2) is 0 Å². The molecule has 0 spiro atoms. The first-order valence-corrected chi connectivity index (χ1v) is 13.6. The van der Waals surface area contributed by atoms with Crippen LogP contribution in [-0.2, 0) is 42.9 Å². The van der Waals surface area contributed by atoms with Crippen LogP contribution in [0.5, 0.6) is 0 Å². The molecule has 0 aliphatic carbocycles. The van der Waals surface area contributed by atoms with Gasteiger partial charge in [-0.25, -0.2) is 4.79 Å². The number of carbonyl (C=O) groups excluding carboxylic acids is 3. The van der Waals surface area contributed by atoms with Crippen LogP contribution in [0.25, 0.3) is 0 Å². The molecule has 4 N–H and O–H groups in total. The molecule has 226 valence electrons. The van der Waals surface area contributed by atoms with Gasteiger partial charge in [0.05, 0.1) is 52.9 Å². The summed E-state index contributed by atoms with van der Waals surface area (Å²) < 4.78 is 21.4. The molecule has 39 heavy (non-hydrogen) atoms. The summed E-state index contributed by atoms with van der Waals surface area (Å²) in [4.78, 5) is 55.3. The average molecular weight is 563 g/mol. The number of rotatable bonds is 29. The fraction of sp³-hybridized carbons (Fsp3) is 0.808. The Hall–Kier alpha value is -2.61. The van der Waals surface area contributed by atoms with E-state index in [0.717, 1.165) is 32.1 Å². The Balaban J connectivity index is 3.36. The third-order valence-electron chi connectivity index (χ3n) is 5.41. The lowest BCUT2D eigenvalue weighted by molar-refractivity contribution is -0.142. The molecule has 0 bridgehead atoms. The maximum atomic E-state index is 11.8. The first-order chi connectivity index (χ1) is 18.9. The van der Waals surface area contributed by atoms with Crippen molar-refractivity contribution < 1.29 is 53.1 Å². The van der Waals surface area contributed by atoms with Crippen LogP contribution < -0.4 is 10.6 Å². The summed E-state index contributed by atoms with van der Waals surface area (Å²) in [5.74, 6) is -2.39. The van der Waals surface area contributed by atoms with Gasteiger partial charge in [0, 0.05) is 32.2 Å². The van der Waals surface area contributed by atoms with Crippen LogP contribution in [0, 0.1) is 0 Å². The van der Waals surface area contributed by atoms with E-state index in [1.807, 2.05) is 0 Å². The van der Waals surface area contributed by atoms with E-state index in [9.17, 15) is 24.0 Å². The fourth-order valence-corrected chi connectivity index (χ4v) is 3.31. The molecular formula is C26H46N2O11. The number of hydrogen-bond acceptors (Lipinski definition) is 9. The van der Waals surface area contributed by atoms with Crippen molar-refractivity contribution in [2.45, 2.75) is 76.7 Å². The molecule has 0 radical (unpaired) electrons. The Morgan fingerprint density at radius 3 is 1.69 bits per heavy atom.